The maximum absolute atomic E-state index is 13.0. The van der Waals surface area contributed by atoms with Crippen molar-refractivity contribution in [3.05, 3.63) is 77.3 Å². The van der Waals surface area contributed by atoms with Crippen LogP contribution in [0.25, 0.3) is 5.65 Å². The van der Waals surface area contributed by atoms with Crippen molar-refractivity contribution in [1.29, 1.82) is 0 Å². The lowest BCUT2D eigenvalue weighted by atomic mass is 10.3. The van der Waals surface area contributed by atoms with E-state index >= 15 is 0 Å². The molecule has 1 fully saturated rings. The van der Waals surface area contributed by atoms with Gasteiger partial charge in [-0.1, -0.05) is 45.4 Å². The fourth-order valence-corrected chi connectivity index (χ4v) is 4.97. The van der Waals surface area contributed by atoms with Crippen LogP contribution in [0.3, 0.4) is 0 Å². The van der Waals surface area contributed by atoms with E-state index in [1.807, 2.05) is 52.0 Å². The van der Waals surface area contributed by atoms with E-state index < -0.39 is 10.0 Å². The Morgan fingerprint density at radius 1 is 1.05 bits per heavy atom. The van der Waals surface area contributed by atoms with Gasteiger partial charge in [0.1, 0.15) is 11.0 Å². The topological polar surface area (TPSA) is 92.5 Å². The number of pyridine rings is 1. The minimum atomic E-state index is -3.61. The number of fused-ring (bicyclic) bond motifs is 1. The number of nitrogens with zero attached hydrogens (tertiary/aromatic N) is 5. The highest BCUT2D eigenvalue weighted by Gasteiger charge is 2.27. The Hall–Kier alpha value is -3.01. The second-order valence-corrected chi connectivity index (χ2v) is 10.6. The van der Waals surface area contributed by atoms with Gasteiger partial charge in [0.15, 0.2) is 5.65 Å². The van der Waals surface area contributed by atoms with Crippen LogP contribution in [0.1, 0.15) is 57.8 Å². The molecule has 1 aliphatic rings. The molecule has 3 aromatic heterocycles. The molecule has 198 valence electrons. The van der Waals surface area contributed by atoms with Crippen LogP contribution in [0.15, 0.2) is 65.7 Å². The molecule has 0 bridgehead atoms. The Morgan fingerprint density at radius 3 is 2.38 bits per heavy atom. The molecule has 0 amide bonds. The van der Waals surface area contributed by atoms with Crippen molar-refractivity contribution in [2.75, 3.05) is 18.9 Å². The van der Waals surface area contributed by atoms with E-state index in [1.165, 1.54) is 4.31 Å². The van der Waals surface area contributed by atoms with Gasteiger partial charge in [0, 0.05) is 55.6 Å². The van der Waals surface area contributed by atoms with Gasteiger partial charge in [0.2, 0.25) is 10.0 Å². The SMILES string of the molecule is CC.CC.CN(CCc1ccccn1)S(=O)(=O)c1ccc(Nc2cc(Cl)nc3cc(C4CC4)nn23)cc1. The molecule has 5 rings (SSSR count). The van der Waals surface area contributed by atoms with E-state index in [-0.39, 0.29) is 4.90 Å². The summed E-state index contributed by atoms with van der Waals surface area (Å²) in [7, 11) is -2.03. The van der Waals surface area contributed by atoms with Crippen molar-refractivity contribution >= 4 is 38.8 Å². The van der Waals surface area contributed by atoms with Crippen molar-refractivity contribution in [2.24, 2.45) is 0 Å². The summed E-state index contributed by atoms with van der Waals surface area (Å²) in [6, 6.07) is 15.9. The molecule has 37 heavy (non-hydrogen) atoms. The first-order valence-corrected chi connectivity index (χ1v) is 14.5. The van der Waals surface area contributed by atoms with Gasteiger partial charge in [0.25, 0.3) is 0 Å². The van der Waals surface area contributed by atoms with Gasteiger partial charge < -0.3 is 5.32 Å². The Labute approximate surface area is 224 Å². The summed E-state index contributed by atoms with van der Waals surface area (Å²) in [6.45, 7) is 8.34. The molecular weight excluding hydrogens is 508 g/mol. The number of halogens is 1. The number of sulfonamides is 1. The van der Waals surface area contributed by atoms with Gasteiger partial charge in [0.05, 0.1) is 10.6 Å². The van der Waals surface area contributed by atoms with Crippen LogP contribution in [-0.4, -0.2) is 45.9 Å². The molecule has 3 heterocycles. The molecule has 1 aromatic carbocycles. The van der Waals surface area contributed by atoms with Crippen molar-refractivity contribution < 1.29 is 8.42 Å². The van der Waals surface area contributed by atoms with Crippen molar-refractivity contribution in [3.63, 3.8) is 0 Å². The summed E-state index contributed by atoms with van der Waals surface area (Å²) in [6.07, 6.45) is 4.54. The Balaban J connectivity index is 0.000000907. The number of hydrogen-bond acceptors (Lipinski definition) is 6. The second-order valence-electron chi connectivity index (χ2n) is 8.12. The smallest absolute Gasteiger partial charge is 0.242 e. The first kappa shape index (κ1) is 28.6. The van der Waals surface area contributed by atoms with Crippen LogP contribution in [0.2, 0.25) is 5.15 Å². The fraction of sp³-hybridized carbons (Fsp3) is 0.370. The summed E-state index contributed by atoms with van der Waals surface area (Å²) in [4.78, 5) is 8.83. The van der Waals surface area contributed by atoms with Crippen LogP contribution < -0.4 is 5.32 Å². The molecule has 0 spiro atoms. The van der Waals surface area contributed by atoms with Crippen LogP contribution >= 0.6 is 11.6 Å². The molecule has 1 N–H and O–H groups in total. The number of benzene rings is 1. The lowest BCUT2D eigenvalue weighted by Crippen LogP contribution is -2.29. The maximum atomic E-state index is 13.0. The van der Waals surface area contributed by atoms with Gasteiger partial charge in [-0.2, -0.15) is 9.61 Å². The fourth-order valence-electron chi connectivity index (χ4n) is 3.61. The Kier molecular flexibility index (Phi) is 10.0. The van der Waals surface area contributed by atoms with Gasteiger partial charge in [-0.05, 0) is 49.2 Å². The van der Waals surface area contributed by atoms with Gasteiger partial charge in [-0.25, -0.2) is 17.7 Å². The number of aromatic nitrogens is 4. The lowest BCUT2D eigenvalue weighted by Gasteiger charge is -2.17. The van der Waals surface area contributed by atoms with E-state index in [1.54, 1.807) is 48.1 Å². The molecule has 8 nitrogen and oxygen atoms in total. The zero-order valence-electron chi connectivity index (χ0n) is 22.0. The molecule has 1 aliphatic carbocycles. The maximum Gasteiger partial charge on any atom is 0.242 e. The highest BCUT2D eigenvalue weighted by Crippen LogP contribution is 2.39. The quantitative estimate of drug-likeness (QED) is 0.262. The Morgan fingerprint density at radius 2 is 1.76 bits per heavy atom. The van der Waals surface area contributed by atoms with E-state index in [9.17, 15) is 8.42 Å². The standard InChI is InChI=1S/C23H23ClN6O2S.2C2H6/c1-29(13-11-17-4-2-3-12-25-17)33(31,32)19-9-7-18(8-10-19)26-23-15-21(24)27-22-14-20(16-5-6-16)28-30(22)23;2*1-2/h2-4,7-10,12,14-16,26H,5-6,11,13H2,1H3;2*1-2H3. The predicted octanol–water partition coefficient (Wildman–Crippen LogP) is 6.31. The number of nitrogens with one attached hydrogen (secondary N) is 1. The molecular formula is C27H35ClN6O2S. The number of rotatable bonds is 8. The summed E-state index contributed by atoms with van der Waals surface area (Å²) < 4.78 is 29.0. The zero-order chi connectivity index (χ0) is 27.0. The van der Waals surface area contributed by atoms with E-state index in [0.717, 1.165) is 29.9 Å². The zero-order valence-corrected chi connectivity index (χ0v) is 23.6. The van der Waals surface area contributed by atoms with Crippen LogP contribution in [0.5, 0.6) is 0 Å². The van der Waals surface area contributed by atoms with Crippen molar-refractivity contribution in [2.45, 2.75) is 57.8 Å². The minimum Gasteiger partial charge on any atom is -0.340 e. The molecule has 0 atom stereocenters. The molecule has 0 aliphatic heterocycles. The lowest BCUT2D eigenvalue weighted by molar-refractivity contribution is 0.471. The molecule has 0 unspecified atom stereocenters. The molecule has 4 aromatic rings. The average molecular weight is 543 g/mol. The predicted molar refractivity (Wildman–Crippen MR) is 150 cm³/mol. The monoisotopic (exact) mass is 542 g/mol. The number of hydrogen-bond donors (Lipinski definition) is 1. The summed E-state index contributed by atoms with van der Waals surface area (Å²) in [5.74, 6) is 1.16. The first-order valence-electron chi connectivity index (χ1n) is 12.7. The van der Waals surface area contributed by atoms with E-state index in [0.29, 0.717) is 35.5 Å². The summed E-state index contributed by atoms with van der Waals surface area (Å²) in [5, 5.41) is 8.30. The molecule has 0 saturated heterocycles. The molecule has 0 radical (unpaired) electrons. The van der Waals surface area contributed by atoms with E-state index in [4.69, 9.17) is 11.6 Å². The first-order chi connectivity index (χ1) is 17.9. The third-order valence-corrected chi connectivity index (χ3v) is 7.72. The van der Waals surface area contributed by atoms with Crippen LogP contribution in [0, 0.1) is 0 Å². The van der Waals surface area contributed by atoms with Gasteiger partial charge in [-0.3, -0.25) is 4.98 Å². The third kappa shape index (κ3) is 7.06. The van der Waals surface area contributed by atoms with Crippen molar-refractivity contribution in [1.82, 2.24) is 23.9 Å². The summed E-state index contributed by atoms with van der Waals surface area (Å²) >= 11 is 6.21. The Bertz CT molecular complexity index is 1390. The van der Waals surface area contributed by atoms with Crippen LogP contribution in [0.4, 0.5) is 11.5 Å². The number of anilines is 2. The normalized spacial score (nSPS) is 12.9. The average Bonchev–Trinajstić information content (AvgIpc) is 3.69. The van der Waals surface area contributed by atoms with Gasteiger partial charge in [-0.15, -0.1) is 0 Å². The third-order valence-electron chi connectivity index (χ3n) is 5.65. The second kappa shape index (κ2) is 13.0. The summed E-state index contributed by atoms with van der Waals surface area (Å²) in [5.41, 5.74) is 3.27. The molecule has 1 saturated carbocycles. The van der Waals surface area contributed by atoms with Crippen molar-refractivity contribution in [3.8, 4) is 0 Å². The van der Waals surface area contributed by atoms with E-state index in [2.05, 4.69) is 20.4 Å². The largest absolute Gasteiger partial charge is 0.340 e. The van der Waals surface area contributed by atoms with Gasteiger partial charge >= 0.3 is 0 Å². The van der Waals surface area contributed by atoms with Crippen LogP contribution in [-0.2, 0) is 16.4 Å². The minimum absolute atomic E-state index is 0.226. The number of likely N-dealkylation sites (N-methyl/N-ethyl adjacent to an activating group) is 1. The highest BCUT2D eigenvalue weighted by atomic mass is 35.5. The molecule has 10 heteroatoms. The highest BCUT2D eigenvalue weighted by molar-refractivity contribution is 7.89.